The Balaban J connectivity index is 2.46. The second-order valence-corrected chi connectivity index (χ2v) is 9.60. The molecule has 32 heavy (non-hydrogen) atoms. The van der Waals surface area contributed by atoms with E-state index in [1.807, 2.05) is 0 Å². The summed E-state index contributed by atoms with van der Waals surface area (Å²) in [5.74, 6) is -1.53. The summed E-state index contributed by atoms with van der Waals surface area (Å²) < 4.78 is 40.6. The minimum absolute atomic E-state index is 0.172. The van der Waals surface area contributed by atoms with Gasteiger partial charge in [-0.25, -0.2) is 12.8 Å². The van der Waals surface area contributed by atoms with Crippen LogP contribution in [0.4, 0.5) is 10.1 Å². The zero-order valence-corrected chi connectivity index (χ0v) is 19.9. The Kier molecular flexibility index (Phi) is 8.38. The Morgan fingerprint density at radius 3 is 2.19 bits per heavy atom. The monoisotopic (exact) mass is 463 g/mol. The van der Waals surface area contributed by atoms with Gasteiger partial charge in [-0.05, 0) is 44.9 Å². The number of rotatable bonds is 9. The molecule has 0 heterocycles. The van der Waals surface area contributed by atoms with Gasteiger partial charge in [-0.1, -0.05) is 36.4 Å². The van der Waals surface area contributed by atoms with Crippen LogP contribution in [0.2, 0.25) is 0 Å². The first-order chi connectivity index (χ1) is 15.0. The van der Waals surface area contributed by atoms with Crippen LogP contribution < -0.4 is 9.62 Å². The number of likely N-dealkylation sites (N-methyl/N-ethyl adjacent to an activating group) is 1. The van der Waals surface area contributed by atoms with Crippen molar-refractivity contribution in [2.45, 2.75) is 40.3 Å². The first-order valence-electron chi connectivity index (χ1n) is 10.3. The van der Waals surface area contributed by atoms with Gasteiger partial charge in [-0.2, -0.15) is 0 Å². The third kappa shape index (κ3) is 6.06. The van der Waals surface area contributed by atoms with Gasteiger partial charge in [-0.15, -0.1) is 0 Å². The summed E-state index contributed by atoms with van der Waals surface area (Å²) in [6.07, 6.45) is 1.03. The number of nitrogens with zero attached hydrogens (tertiary/aromatic N) is 2. The smallest absolute Gasteiger partial charge is 0.244 e. The summed E-state index contributed by atoms with van der Waals surface area (Å²) in [5.41, 5.74) is 2.04. The van der Waals surface area contributed by atoms with Gasteiger partial charge in [-0.3, -0.25) is 13.9 Å². The largest absolute Gasteiger partial charge is 0.355 e. The predicted octanol–water partition coefficient (Wildman–Crippen LogP) is 2.76. The number of aryl methyl sites for hydroxylation is 2. The number of hydrogen-bond donors (Lipinski definition) is 1. The van der Waals surface area contributed by atoms with E-state index in [1.165, 1.54) is 30.0 Å². The third-order valence-corrected chi connectivity index (χ3v) is 6.30. The molecule has 1 atom stereocenters. The highest BCUT2D eigenvalue weighted by atomic mass is 32.2. The van der Waals surface area contributed by atoms with Crippen LogP contribution in [0.15, 0.2) is 42.5 Å². The fraction of sp³-hybridized carbons (Fsp3) is 0.391. The maximum atomic E-state index is 14.3. The van der Waals surface area contributed by atoms with E-state index >= 15 is 0 Å². The highest BCUT2D eigenvalue weighted by molar-refractivity contribution is 7.92. The lowest BCUT2D eigenvalue weighted by atomic mass is 10.1. The Morgan fingerprint density at radius 2 is 1.66 bits per heavy atom. The van der Waals surface area contributed by atoms with Crippen molar-refractivity contribution < 1.29 is 22.4 Å². The number of amides is 2. The van der Waals surface area contributed by atoms with E-state index < -0.39 is 40.2 Å². The van der Waals surface area contributed by atoms with Gasteiger partial charge in [0.15, 0.2) is 0 Å². The molecule has 2 amide bonds. The molecule has 0 unspecified atom stereocenters. The van der Waals surface area contributed by atoms with Crippen LogP contribution in [-0.2, 0) is 26.2 Å². The summed E-state index contributed by atoms with van der Waals surface area (Å²) in [6.45, 7) is 6.49. The molecular weight excluding hydrogens is 433 g/mol. The first kappa shape index (κ1) is 25.3. The summed E-state index contributed by atoms with van der Waals surface area (Å²) >= 11 is 0. The maximum absolute atomic E-state index is 14.3. The second-order valence-electron chi connectivity index (χ2n) is 7.69. The Hall–Kier alpha value is -2.94. The molecule has 0 saturated heterocycles. The number of sulfonamides is 1. The lowest BCUT2D eigenvalue weighted by Gasteiger charge is -2.32. The van der Waals surface area contributed by atoms with Crippen LogP contribution in [0, 0.1) is 19.7 Å². The normalized spacial score (nSPS) is 12.2. The molecule has 0 spiro atoms. The van der Waals surface area contributed by atoms with E-state index in [9.17, 15) is 22.4 Å². The summed E-state index contributed by atoms with van der Waals surface area (Å²) in [5, 5.41) is 2.66. The van der Waals surface area contributed by atoms with Gasteiger partial charge in [0.25, 0.3) is 0 Å². The van der Waals surface area contributed by atoms with Gasteiger partial charge in [0.1, 0.15) is 18.4 Å². The molecule has 0 aliphatic heterocycles. The highest BCUT2D eigenvalue weighted by Crippen LogP contribution is 2.27. The minimum atomic E-state index is -3.82. The molecule has 9 heteroatoms. The molecule has 0 saturated carbocycles. The highest BCUT2D eigenvalue weighted by Gasteiger charge is 2.31. The molecule has 2 aromatic carbocycles. The van der Waals surface area contributed by atoms with Crippen LogP contribution >= 0.6 is 0 Å². The molecule has 2 aromatic rings. The molecule has 0 bridgehead atoms. The van der Waals surface area contributed by atoms with Gasteiger partial charge in [0.05, 0.1) is 11.9 Å². The molecule has 174 valence electrons. The van der Waals surface area contributed by atoms with Crippen molar-refractivity contribution in [2.24, 2.45) is 0 Å². The Bertz CT molecular complexity index is 1070. The average molecular weight is 464 g/mol. The van der Waals surface area contributed by atoms with Gasteiger partial charge < -0.3 is 10.2 Å². The molecular formula is C23H30FN3O4S. The van der Waals surface area contributed by atoms with E-state index in [0.717, 1.165) is 10.6 Å². The number of anilines is 1. The van der Waals surface area contributed by atoms with E-state index in [1.54, 1.807) is 45.0 Å². The van der Waals surface area contributed by atoms with Crippen LogP contribution in [0.1, 0.15) is 30.5 Å². The van der Waals surface area contributed by atoms with Crippen molar-refractivity contribution in [3.05, 3.63) is 65.0 Å². The lowest BCUT2D eigenvalue weighted by Crippen LogP contribution is -2.51. The van der Waals surface area contributed by atoms with E-state index in [2.05, 4.69) is 5.32 Å². The fourth-order valence-corrected chi connectivity index (χ4v) is 4.45. The van der Waals surface area contributed by atoms with Crippen molar-refractivity contribution >= 4 is 27.5 Å². The molecule has 0 aliphatic rings. The Morgan fingerprint density at radius 1 is 1.06 bits per heavy atom. The summed E-state index contributed by atoms with van der Waals surface area (Å²) in [4.78, 5) is 27.1. The quantitative estimate of drug-likeness (QED) is 0.620. The number of nitrogens with one attached hydrogen (secondary N) is 1. The van der Waals surface area contributed by atoms with E-state index in [-0.39, 0.29) is 12.1 Å². The Labute approximate surface area is 189 Å². The number of halogens is 1. The van der Waals surface area contributed by atoms with Gasteiger partial charge >= 0.3 is 0 Å². The number of carbonyl (C=O) groups excluding carboxylic acids is 2. The summed E-state index contributed by atoms with van der Waals surface area (Å²) in [6, 6.07) is 10.4. The average Bonchev–Trinajstić information content (AvgIpc) is 2.71. The van der Waals surface area contributed by atoms with E-state index in [0.29, 0.717) is 23.4 Å². The number of carbonyl (C=O) groups is 2. The zero-order valence-electron chi connectivity index (χ0n) is 19.1. The lowest BCUT2D eigenvalue weighted by molar-refractivity contribution is -0.139. The van der Waals surface area contributed by atoms with Crippen LogP contribution in [0.25, 0.3) is 0 Å². The number of hydrogen-bond acceptors (Lipinski definition) is 4. The first-order valence-corrected chi connectivity index (χ1v) is 12.2. The van der Waals surface area contributed by atoms with Crippen LogP contribution in [0.3, 0.4) is 0 Å². The molecule has 1 N–H and O–H groups in total. The van der Waals surface area contributed by atoms with Crippen molar-refractivity contribution in [2.75, 3.05) is 23.7 Å². The molecule has 0 fully saturated rings. The van der Waals surface area contributed by atoms with Crippen molar-refractivity contribution in [1.82, 2.24) is 10.2 Å². The van der Waals surface area contributed by atoms with Gasteiger partial charge in [0.2, 0.25) is 21.8 Å². The molecule has 2 rings (SSSR count). The predicted molar refractivity (Wildman–Crippen MR) is 123 cm³/mol. The maximum Gasteiger partial charge on any atom is 0.244 e. The fourth-order valence-electron chi connectivity index (χ4n) is 3.49. The second kappa shape index (κ2) is 10.6. The van der Waals surface area contributed by atoms with Crippen molar-refractivity contribution in [3.8, 4) is 0 Å². The third-order valence-electron chi connectivity index (χ3n) is 5.18. The number of benzene rings is 2. The van der Waals surface area contributed by atoms with Crippen molar-refractivity contribution in [3.63, 3.8) is 0 Å². The molecule has 7 nitrogen and oxygen atoms in total. The minimum Gasteiger partial charge on any atom is -0.355 e. The SMILES string of the molecule is CCNC(=O)[C@@H](C)N(Cc1ccccc1F)C(=O)CN(c1c(C)cccc1C)S(C)(=O)=O. The van der Waals surface area contributed by atoms with Crippen LogP contribution in [0.5, 0.6) is 0 Å². The standard InChI is InChI=1S/C23H30FN3O4S/c1-6-25-23(29)18(4)26(14-19-12-7-8-13-20(19)24)21(28)15-27(32(5,30)31)22-16(2)10-9-11-17(22)3/h7-13,18H,6,14-15H2,1-5H3,(H,25,29)/t18-/m1/s1. The van der Waals surface area contributed by atoms with E-state index in [4.69, 9.17) is 0 Å². The van der Waals surface area contributed by atoms with Crippen molar-refractivity contribution in [1.29, 1.82) is 0 Å². The zero-order chi connectivity index (χ0) is 24.1. The number of para-hydroxylation sites is 1. The molecule has 0 radical (unpaired) electrons. The summed E-state index contributed by atoms with van der Waals surface area (Å²) in [7, 11) is -3.82. The topological polar surface area (TPSA) is 86.8 Å². The molecule has 0 aliphatic carbocycles. The molecule has 0 aromatic heterocycles. The van der Waals surface area contributed by atoms with Gasteiger partial charge in [0, 0.05) is 18.7 Å². The van der Waals surface area contributed by atoms with Crippen LogP contribution in [-0.4, -0.2) is 50.5 Å².